The summed E-state index contributed by atoms with van der Waals surface area (Å²) in [6.45, 7) is 2.61. The predicted molar refractivity (Wildman–Crippen MR) is 122 cm³/mol. The van der Waals surface area contributed by atoms with Gasteiger partial charge in [0.15, 0.2) is 17.7 Å². The number of benzene rings is 2. The lowest BCUT2D eigenvalue weighted by molar-refractivity contribution is 0.0187. The molecule has 11 heteroatoms. The Morgan fingerprint density at radius 3 is 2.53 bits per heavy atom. The molecule has 3 rings (SSSR count). The molecule has 1 fully saturated rings. The second-order valence-corrected chi connectivity index (χ2v) is 8.41. The van der Waals surface area contributed by atoms with Crippen molar-refractivity contribution in [3.05, 3.63) is 58.9 Å². The van der Waals surface area contributed by atoms with E-state index in [0.29, 0.717) is 13.0 Å². The van der Waals surface area contributed by atoms with Crippen LogP contribution in [0, 0.1) is 12.7 Å². The summed E-state index contributed by atoms with van der Waals surface area (Å²) in [4.78, 5) is 25.4. The van der Waals surface area contributed by atoms with Gasteiger partial charge in [-0.2, -0.15) is 0 Å². The van der Waals surface area contributed by atoms with Gasteiger partial charge in [0.1, 0.15) is 17.9 Å². The SMILES string of the molecule is COC(=O)c1c(OC[C@H]2C[C@H](OCc3ccccc3)CN2C(=O)O)cc(C)c(F)c1OC(C)C(F)F. The van der Waals surface area contributed by atoms with Crippen LogP contribution in [0.5, 0.6) is 11.5 Å². The standard InChI is InChI=1S/C25H28F3NO7/c1-14-9-19(20(24(30)33-3)22(21(14)26)36-15(2)23(27)28)35-13-17-10-18(11-29(17)25(31)32)34-12-16-7-5-4-6-8-16/h4-9,15,17-18,23H,10-13H2,1-3H3,(H,31,32)/t15?,17-,18+/m1/s1. The zero-order chi connectivity index (χ0) is 26.4. The van der Waals surface area contributed by atoms with Crippen molar-refractivity contribution < 1.29 is 46.8 Å². The van der Waals surface area contributed by atoms with Crippen LogP contribution in [0.4, 0.5) is 18.0 Å². The quantitative estimate of drug-likeness (QED) is 0.464. The number of aryl methyl sites for hydroxylation is 1. The first-order valence-electron chi connectivity index (χ1n) is 11.3. The van der Waals surface area contributed by atoms with Crippen LogP contribution < -0.4 is 9.47 Å². The maximum atomic E-state index is 14.8. The molecule has 196 valence electrons. The molecule has 1 saturated heterocycles. The molecule has 8 nitrogen and oxygen atoms in total. The average Bonchev–Trinajstić information content (AvgIpc) is 3.28. The van der Waals surface area contributed by atoms with E-state index in [1.54, 1.807) is 0 Å². The Kier molecular flexibility index (Phi) is 9.03. The highest BCUT2D eigenvalue weighted by atomic mass is 19.3. The van der Waals surface area contributed by atoms with Crippen molar-refractivity contribution in [3.63, 3.8) is 0 Å². The van der Waals surface area contributed by atoms with Crippen molar-refractivity contribution in [1.29, 1.82) is 0 Å². The van der Waals surface area contributed by atoms with Crippen molar-refractivity contribution in [2.24, 2.45) is 0 Å². The molecule has 1 aliphatic heterocycles. The van der Waals surface area contributed by atoms with E-state index >= 15 is 0 Å². The lowest BCUT2D eigenvalue weighted by Gasteiger charge is -2.23. The maximum Gasteiger partial charge on any atom is 0.407 e. The third kappa shape index (κ3) is 6.39. The summed E-state index contributed by atoms with van der Waals surface area (Å²) in [6, 6.07) is 9.99. The minimum absolute atomic E-state index is 0.0142. The van der Waals surface area contributed by atoms with Gasteiger partial charge in [-0.15, -0.1) is 0 Å². The second kappa shape index (κ2) is 12.0. The van der Waals surface area contributed by atoms with E-state index in [-0.39, 0.29) is 24.5 Å². The summed E-state index contributed by atoms with van der Waals surface area (Å²) in [5, 5.41) is 9.64. The Labute approximate surface area is 206 Å². The number of rotatable bonds is 10. The highest BCUT2D eigenvalue weighted by Gasteiger charge is 2.37. The van der Waals surface area contributed by atoms with Gasteiger partial charge < -0.3 is 24.1 Å². The number of hydrogen-bond acceptors (Lipinski definition) is 6. The second-order valence-electron chi connectivity index (χ2n) is 8.41. The highest BCUT2D eigenvalue weighted by molar-refractivity contribution is 5.96. The Morgan fingerprint density at radius 1 is 1.22 bits per heavy atom. The summed E-state index contributed by atoms with van der Waals surface area (Å²) < 4.78 is 62.4. The molecule has 0 saturated carbocycles. The number of nitrogens with zero attached hydrogens (tertiary/aromatic N) is 1. The number of halogens is 3. The first kappa shape index (κ1) is 27.1. The summed E-state index contributed by atoms with van der Waals surface area (Å²) in [7, 11) is 1.04. The van der Waals surface area contributed by atoms with Gasteiger partial charge in [0.05, 0.1) is 32.4 Å². The van der Waals surface area contributed by atoms with Crippen molar-refractivity contribution >= 4 is 12.1 Å². The molecule has 1 aliphatic rings. The first-order valence-corrected chi connectivity index (χ1v) is 11.3. The third-order valence-corrected chi connectivity index (χ3v) is 5.80. The van der Waals surface area contributed by atoms with Gasteiger partial charge in [-0.3, -0.25) is 4.90 Å². The number of alkyl halides is 2. The molecule has 0 bridgehead atoms. The van der Waals surface area contributed by atoms with Crippen LogP contribution >= 0.6 is 0 Å². The number of ether oxygens (including phenoxy) is 4. The lowest BCUT2D eigenvalue weighted by Crippen LogP contribution is -2.38. The minimum Gasteiger partial charge on any atom is -0.490 e. The van der Waals surface area contributed by atoms with Crippen LogP contribution in [-0.2, 0) is 16.1 Å². The van der Waals surface area contributed by atoms with E-state index in [9.17, 15) is 27.9 Å². The Morgan fingerprint density at radius 2 is 1.92 bits per heavy atom. The Hall–Kier alpha value is -3.47. The fourth-order valence-electron chi connectivity index (χ4n) is 3.85. The summed E-state index contributed by atoms with van der Waals surface area (Å²) in [5.74, 6) is -2.94. The molecule has 2 aromatic rings. The van der Waals surface area contributed by atoms with E-state index in [2.05, 4.69) is 0 Å². The summed E-state index contributed by atoms with van der Waals surface area (Å²) in [6.07, 6.45) is -5.89. The highest BCUT2D eigenvalue weighted by Crippen LogP contribution is 2.36. The van der Waals surface area contributed by atoms with Gasteiger partial charge in [0, 0.05) is 0 Å². The molecule has 0 radical (unpaired) electrons. The topological polar surface area (TPSA) is 94.5 Å². The van der Waals surface area contributed by atoms with Crippen LogP contribution in [0.1, 0.15) is 34.8 Å². The number of carbonyl (C=O) groups is 2. The zero-order valence-electron chi connectivity index (χ0n) is 20.1. The molecule has 2 aromatic carbocycles. The maximum absolute atomic E-state index is 14.8. The average molecular weight is 511 g/mol. The molecule has 1 unspecified atom stereocenters. The normalized spacial score (nSPS) is 18.2. The van der Waals surface area contributed by atoms with Gasteiger partial charge in [-0.1, -0.05) is 30.3 Å². The van der Waals surface area contributed by atoms with Gasteiger partial charge in [0.2, 0.25) is 0 Å². The van der Waals surface area contributed by atoms with Gasteiger partial charge in [-0.05, 0) is 37.5 Å². The summed E-state index contributed by atoms with van der Waals surface area (Å²) in [5.41, 5.74) is 0.429. The predicted octanol–water partition coefficient (Wildman–Crippen LogP) is 4.67. The van der Waals surface area contributed by atoms with E-state index in [1.165, 1.54) is 17.9 Å². The van der Waals surface area contributed by atoms with Crippen LogP contribution in [0.15, 0.2) is 36.4 Å². The Bertz CT molecular complexity index is 1070. The number of hydrogen-bond donors (Lipinski definition) is 1. The molecular formula is C25H28F3NO7. The number of carbonyl (C=O) groups excluding carboxylic acids is 1. The fraction of sp³-hybridized carbons (Fsp3) is 0.440. The number of methoxy groups -OCH3 is 1. The zero-order valence-corrected chi connectivity index (χ0v) is 20.1. The van der Waals surface area contributed by atoms with Gasteiger partial charge in [0.25, 0.3) is 6.43 Å². The van der Waals surface area contributed by atoms with Gasteiger partial charge >= 0.3 is 12.1 Å². The summed E-state index contributed by atoms with van der Waals surface area (Å²) >= 11 is 0. The van der Waals surface area contributed by atoms with Crippen LogP contribution in [0.25, 0.3) is 0 Å². The molecule has 1 N–H and O–H groups in total. The van der Waals surface area contributed by atoms with Crippen LogP contribution in [0.2, 0.25) is 0 Å². The van der Waals surface area contributed by atoms with Crippen molar-refractivity contribution in [1.82, 2.24) is 4.90 Å². The van der Waals surface area contributed by atoms with Crippen LogP contribution in [0.3, 0.4) is 0 Å². The molecule has 0 spiro atoms. The number of esters is 1. The van der Waals surface area contributed by atoms with E-state index < -0.39 is 53.9 Å². The van der Waals surface area contributed by atoms with E-state index in [4.69, 9.17) is 18.9 Å². The molecule has 1 heterocycles. The monoisotopic (exact) mass is 511 g/mol. The van der Waals surface area contributed by atoms with Crippen molar-refractivity contribution in [2.75, 3.05) is 20.3 Å². The molecule has 0 aliphatic carbocycles. The van der Waals surface area contributed by atoms with E-state index in [0.717, 1.165) is 19.6 Å². The fourth-order valence-corrected chi connectivity index (χ4v) is 3.85. The van der Waals surface area contributed by atoms with Crippen LogP contribution in [-0.4, -0.2) is 67.0 Å². The first-order chi connectivity index (χ1) is 17.1. The molecule has 3 atom stereocenters. The number of amides is 1. The molecular weight excluding hydrogens is 483 g/mol. The molecule has 0 aromatic heterocycles. The number of carboxylic acid groups (broad SMARTS) is 1. The third-order valence-electron chi connectivity index (χ3n) is 5.80. The Balaban J connectivity index is 1.79. The largest absolute Gasteiger partial charge is 0.490 e. The van der Waals surface area contributed by atoms with Crippen molar-refractivity contribution in [3.8, 4) is 11.5 Å². The lowest BCUT2D eigenvalue weighted by atomic mass is 10.1. The van der Waals surface area contributed by atoms with Crippen molar-refractivity contribution in [2.45, 2.75) is 51.6 Å². The van der Waals surface area contributed by atoms with E-state index in [1.807, 2.05) is 30.3 Å². The molecule has 36 heavy (non-hydrogen) atoms. The minimum atomic E-state index is -2.93. The van der Waals surface area contributed by atoms with Gasteiger partial charge in [-0.25, -0.2) is 22.8 Å². The molecule has 1 amide bonds. The smallest absolute Gasteiger partial charge is 0.407 e. The number of likely N-dealkylation sites (tertiary alicyclic amines) is 1.